The smallest absolute Gasteiger partial charge is 0.245 e. The Morgan fingerprint density at radius 1 is 1.17 bits per heavy atom. The summed E-state index contributed by atoms with van der Waals surface area (Å²) < 4.78 is 5.36. The van der Waals surface area contributed by atoms with E-state index in [1.165, 1.54) is 0 Å². The summed E-state index contributed by atoms with van der Waals surface area (Å²) in [6.07, 6.45) is 6.39. The van der Waals surface area contributed by atoms with Gasteiger partial charge in [0.1, 0.15) is 6.04 Å². The molecule has 3 aliphatic heterocycles. The van der Waals surface area contributed by atoms with Crippen molar-refractivity contribution in [2.24, 2.45) is 5.92 Å². The zero-order valence-electron chi connectivity index (χ0n) is 13.9. The molecule has 0 radical (unpaired) electrons. The summed E-state index contributed by atoms with van der Waals surface area (Å²) in [5, 5.41) is 6.30. The number of hydrogen-bond donors (Lipinski definition) is 2. The second kappa shape index (κ2) is 8.11. The van der Waals surface area contributed by atoms with Gasteiger partial charge in [-0.1, -0.05) is 0 Å². The molecule has 0 saturated carbocycles. The van der Waals surface area contributed by atoms with Crippen LogP contribution < -0.4 is 10.6 Å². The number of hydrogen-bond acceptors (Lipinski definition) is 4. The average Bonchev–Trinajstić information content (AvgIpc) is 2.95. The average molecular weight is 323 g/mol. The monoisotopic (exact) mass is 323 g/mol. The van der Waals surface area contributed by atoms with E-state index in [-0.39, 0.29) is 17.9 Å². The fraction of sp³-hybridized carbons (Fsp3) is 0.882. The first-order chi connectivity index (χ1) is 11.2. The molecule has 6 heteroatoms. The molecule has 0 aromatic carbocycles. The van der Waals surface area contributed by atoms with Gasteiger partial charge >= 0.3 is 0 Å². The maximum atomic E-state index is 12.5. The highest BCUT2D eigenvalue weighted by molar-refractivity contribution is 5.89. The van der Waals surface area contributed by atoms with E-state index < -0.39 is 0 Å². The van der Waals surface area contributed by atoms with Gasteiger partial charge in [-0.25, -0.2) is 0 Å². The van der Waals surface area contributed by atoms with Crippen LogP contribution in [-0.4, -0.2) is 61.6 Å². The summed E-state index contributed by atoms with van der Waals surface area (Å²) in [5.74, 6) is 0.794. The van der Waals surface area contributed by atoms with E-state index in [4.69, 9.17) is 4.74 Å². The standard InChI is InChI=1S/C17H29N3O3/c21-16(2-1-13-3-8-18-9-4-13)19-15-5-10-20(17(15)22)14-6-11-23-12-7-14/h13-15,18H,1-12H2,(H,19,21). The molecule has 2 amide bonds. The summed E-state index contributed by atoms with van der Waals surface area (Å²) in [7, 11) is 0. The maximum absolute atomic E-state index is 12.5. The van der Waals surface area contributed by atoms with E-state index in [9.17, 15) is 9.59 Å². The van der Waals surface area contributed by atoms with Crippen LogP contribution in [0.25, 0.3) is 0 Å². The van der Waals surface area contributed by atoms with Crippen molar-refractivity contribution >= 4 is 11.8 Å². The molecule has 0 aliphatic carbocycles. The SMILES string of the molecule is O=C(CCC1CCNCC1)NC1CCN(C2CCOCC2)C1=O. The number of carbonyl (C=O) groups excluding carboxylic acids is 2. The van der Waals surface area contributed by atoms with Crippen LogP contribution in [-0.2, 0) is 14.3 Å². The van der Waals surface area contributed by atoms with Crippen LogP contribution in [0.4, 0.5) is 0 Å². The maximum Gasteiger partial charge on any atom is 0.245 e. The summed E-state index contributed by atoms with van der Waals surface area (Å²) in [4.78, 5) is 26.6. The normalized spacial score (nSPS) is 27.4. The van der Waals surface area contributed by atoms with Crippen LogP contribution in [0.2, 0.25) is 0 Å². The highest BCUT2D eigenvalue weighted by atomic mass is 16.5. The first-order valence-electron chi connectivity index (χ1n) is 9.12. The van der Waals surface area contributed by atoms with Crippen molar-refractivity contribution in [1.82, 2.24) is 15.5 Å². The Hall–Kier alpha value is -1.14. The first-order valence-corrected chi connectivity index (χ1v) is 9.12. The molecule has 3 saturated heterocycles. The van der Waals surface area contributed by atoms with Crippen LogP contribution in [0.1, 0.15) is 44.9 Å². The van der Waals surface area contributed by atoms with Gasteiger partial charge in [0.15, 0.2) is 0 Å². The highest BCUT2D eigenvalue weighted by Gasteiger charge is 2.37. The molecule has 0 aromatic rings. The van der Waals surface area contributed by atoms with Crippen molar-refractivity contribution in [3.8, 4) is 0 Å². The Labute approximate surface area is 138 Å². The molecule has 0 aromatic heterocycles. The fourth-order valence-corrected chi connectivity index (χ4v) is 3.97. The lowest BCUT2D eigenvalue weighted by Gasteiger charge is -2.31. The van der Waals surface area contributed by atoms with E-state index in [1.807, 2.05) is 4.90 Å². The molecule has 23 heavy (non-hydrogen) atoms. The number of nitrogens with one attached hydrogen (secondary N) is 2. The third kappa shape index (κ3) is 4.44. The predicted molar refractivity (Wildman–Crippen MR) is 86.9 cm³/mol. The lowest BCUT2D eigenvalue weighted by Crippen LogP contribution is -2.46. The lowest BCUT2D eigenvalue weighted by atomic mass is 9.93. The highest BCUT2D eigenvalue weighted by Crippen LogP contribution is 2.22. The fourth-order valence-electron chi connectivity index (χ4n) is 3.97. The second-order valence-electron chi connectivity index (χ2n) is 7.02. The molecule has 2 N–H and O–H groups in total. The van der Waals surface area contributed by atoms with E-state index in [0.717, 1.165) is 71.4 Å². The van der Waals surface area contributed by atoms with E-state index in [2.05, 4.69) is 10.6 Å². The molecule has 6 nitrogen and oxygen atoms in total. The minimum Gasteiger partial charge on any atom is -0.381 e. The second-order valence-corrected chi connectivity index (χ2v) is 7.02. The molecule has 3 aliphatic rings. The van der Waals surface area contributed by atoms with Gasteiger partial charge < -0.3 is 20.3 Å². The molecule has 1 atom stereocenters. The Bertz CT molecular complexity index is 417. The van der Waals surface area contributed by atoms with Crippen molar-refractivity contribution in [1.29, 1.82) is 0 Å². The van der Waals surface area contributed by atoms with Gasteiger partial charge in [0.25, 0.3) is 0 Å². The van der Waals surface area contributed by atoms with Crippen LogP contribution >= 0.6 is 0 Å². The van der Waals surface area contributed by atoms with Gasteiger partial charge in [-0.15, -0.1) is 0 Å². The minimum atomic E-state index is -0.307. The summed E-state index contributed by atoms with van der Waals surface area (Å²) in [6.45, 7) is 4.37. The quantitative estimate of drug-likeness (QED) is 0.780. The van der Waals surface area contributed by atoms with Crippen molar-refractivity contribution in [2.75, 3.05) is 32.8 Å². The van der Waals surface area contributed by atoms with Crippen LogP contribution in [0, 0.1) is 5.92 Å². The van der Waals surface area contributed by atoms with Crippen LogP contribution in [0.5, 0.6) is 0 Å². The molecule has 3 fully saturated rings. The summed E-state index contributed by atoms with van der Waals surface area (Å²) in [6, 6.07) is -0.00809. The molecule has 130 valence electrons. The van der Waals surface area contributed by atoms with Crippen molar-refractivity contribution in [3.63, 3.8) is 0 Å². The zero-order chi connectivity index (χ0) is 16.1. The largest absolute Gasteiger partial charge is 0.381 e. The molecule has 3 rings (SSSR count). The Morgan fingerprint density at radius 2 is 1.91 bits per heavy atom. The number of piperidine rings is 1. The molecule has 1 unspecified atom stereocenters. The molecular weight excluding hydrogens is 294 g/mol. The first kappa shape index (κ1) is 16.7. The molecular formula is C17H29N3O3. The van der Waals surface area contributed by atoms with E-state index in [1.54, 1.807) is 0 Å². The van der Waals surface area contributed by atoms with E-state index in [0.29, 0.717) is 18.4 Å². The van der Waals surface area contributed by atoms with Gasteiger partial charge in [-0.05, 0) is 57.5 Å². The predicted octanol–water partition coefficient (Wildman–Crippen LogP) is 0.662. The van der Waals surface area contributed by atoms with Gasteiger partial charge in [-0.3, -0.25) is 9.59 Å². The number of rotatable bonds is 5. The van der Waals surface area contributed by atoms with Crippen molar-refractivity contribution in [3.05, 3.63) is 0 Å². The number of amides is 2. The van der Waals surface area contributed by atoms with Gasteiger partial charge in [0.2, 0.25) is 11.8 Å². The van der Waals surface area contributed by atoms with Crippen molar-refractivity contribution < 1.29 is 14.3 Å². The van der Waals surface area contributed by atoms with Gasteiger partial charge in [-0.2, -0.15) is 0 Å². The van der Waals surface area contributed by atoms with Gasteiger partial charge in [0, 0.05) is 32.2 Å². The zero-order valence-corrected chi connectivity index (χ0v) is 13.9. The Balaban J connectivity index is 1.41. The molecule has 0 spiro atoms. The third-order valence-electron chi connectivity index (χ3n) is 5.45. The molecule has 3 heterocycles. The number of ether oxygens (including phenoxy) is 1. The summed E-state index contributed by atoms with van der Waals surface area (Å²) >= 11 is 0. The van der Waals surface area contributed by atoms with Crippen LogP contribution in [0.15, 0.2) is 0 Å². The Kier molecular flexibility index (Phi) is 5.89. The van der Waals surface area contributed by atoms with Gasteiger partial charge in [0.05, 0.1) is 0 Å². The van der Waals surface area contributed by atoms with Crippen molar-refractivity contribution in [2.45, 2.75) is 57.0 Å². The topological polar surface area (TPSA) is 70.7 Å². The van der Waals surface area contributed by atoms with Crippen LogP contribution in [0.3, 0.4) is 0 Å². The molecule has 0 bridgehead atoms. The number of carbonyl (C=O) groups is 2. The number of nitrogens with zero attached hydrogens (tertiary/aromatic N) is 1. The van der Waals surface area contributed by atoms with E-state index >= 15 is 0 Å². The lowest BCUT2D eigenvalue weighted by molar-refractivity contribution is -0.135. The Morgan fingerprint density at radius 3 is 2.65 bits per heavy atom. The summed E-state index contributed by atoms with van der Waals surface area (Å²) in [5.41, 5.74) is 0. The number of likely N-dealkylation sites (tertiary alicyclic amines) is 1. The minimum absolute atomic E-state index is 0.0377. The third-order valence-corrected chi connectivity index (χ3v) is 5.45.